The Hall–Kier alpha value is -4.92. The molecule has 212 valence electrons. The van der Waals surface area contributed by atoms with Crippen LogP contribution in [0.5, 0.6) is 51.7 Å². The van der Waals surface area contributed by atoms with Gasteiger partial charge in [-0.2, -0.15) is 0 Å². The zero-order valence-corrected chi connectivity index (χ0v) is 22.5. The first kappa shape index (κ1) is 26.3. The minimum atomic E-state index is -0.505. The van der Waals surface area contributed by atoms with E-state index in [1.54, 1.807) is 54.6 Å². The zero-order chi connectivity index (χ0) is 28.8. The number of benzene rings is 4. The number of hydrogen-bond donors (Lipinski definition) is 5. The Labute approximate surface area is 236 Å². The van der Waals surface area contributed by atoms with Crippen LogP contribution in [0.2, 0.25) is 0 Å². The van der Waals surface area contributed by atoms with Gasteiger partial charge in [0.05, 0.1) is 27.4 Å². The molecule has 0 fully saturated rings. The lowest BCUT2D eigenvalue weighted by atomic mass is 9.71. The van der Waals surface area contributed by atoms with E-state index in [1.165, 1.54) is 14.2 Å². The van der Waals surface area contributed by atoms with Crippen molar-refractivity contribution in [3.8, 4) is 51.7 Å². The summed E-state index contributed by atoms with van der Waals surface area (Å²) >= 11 is 0. The number of methoxy groups -OCH3 is 2. The van der Waals surface area contributed by atoms with Gasteiger partial charge >= 0.3 is 0 Å². The molecule has 0 aliphatic carbocycles. The highest BCUT2D eigenvalue weighted by atomic mass is 16.5. The maximum Gasteiger partial charge on any atom is 0.200 e. The summed E-state index contributed by atoms with van der Waals surface area (Å²) in [6.07, 6.45) is 0.583. The fourth-order valence-electron chi connectivity index (χ4n) is 6.10. The predicted octanol–water partition coefficient (Wildman–Crippen LogP) is 5.26. The lowest BCUT2D eigenvalue weighted by Gasteiger charge is -2.38. The lowest BCUT2D eigenvalue weighted by Crippen LogP contribution is -2.28. The monoisotopic (exact) mass is 558 g/mol. The second-order valence-corrected chi connectivity index (χ2v) is 10.3. The molecule has 41 heavy (non-hydrogen) atoms. The molecule has 0 bridgehead atoms. The Morgan fingerprint density at radius 2 is 1.32 bits per heavy atom. The largest absolute Gasteiger partial charge is 0.508 e. The van der Waals surface area contributed by atoms with Gasteiger partial charge in [-0.25, -0.2) is 0 Å². The van der Waals surface area contributed by atoms with Gasteiger partial charge in [-0.05, 0) is 41.8 Å². The Kier molecular flexibility index (Phi) is 6.57. The molecule has 2 aliphatic rings. The maximum atomic E-state index is 11.1. The molecule has 6 rings (SSSR count). The van der Waals surface area contributed by atoms with E-state index in [9.17, 15) is 25.5 Å². The number of phenolic OH excluding ortho intramolecular Hbond substituents is 5. The first-order valence-corrected chi connectivity index (χ1v) is 13.2. The molecule has 9 nitrogen and oxygen atoms in total. The number of hydrogen-bond acceptors (Lipinski definition) is 9. The topological polar surface area (TPSA) is 138 Å². The van der Waals surface area contributed by atoms with Crippen molar-refractivity contribution in [3.05, 3.63) is 88.5 Å². The molecule has 3 atom stereocenters. The van der Waals surface area contributed by atoms with Crippen molar-refractivity contribution in [2.24, 2.45) is 0 Å². The summed E-state index contributed by atoms with van der Waals surface area (Å²) in [5, 5.41) is 52.7. The Balaban J connectivity index is 1.56. The van der Waals surface area contributed by atoms with Crippen molar-refractivity contribution >= 4 is 0 Å². The molecule has 4 aromatic rings. The maximum absolute atomic E-state index is 11.1. The summed E-state index contributed by atoms with van der Waals surface area (Å²) in [5.74, 6) is -0.0252. The summed E-state index contributed by atoms with van der Waals surface area (Å²) in [6.45, 7) is 0.411. The van der Waals surface area contributed by atoms with E-state index >= 15 is 0 Å². The third-order valence-corrected chi connectivity index (χ3v) is 8.00. The molecule has 2 heterocycles. The van der Waals surface area contributed by atoms with Gasteiger partial charge in [0.1, 0.15) is 34.5 Å². The van der Waals surface area contributed by atoms with Crippen molar-refractivity contribution in [2.45, 2.75) is 24.2 Å². The van der Waals surface area contributed by atoms with Gasteiger partial charge in [0.2, 0.25) is 5.75 Å². The van der Waals surface area contributed by atoms with E-state index in [0.717, 1.165) is 22.3 Å². The second-order valence-electron chi connectivity index (χ2n) is 10.3. The number of fused-ring (bicyclic) bond motifs is 2. The molecule has 0 radical (unpaired) electrons. The second kappa shape index (κ2) is 10.2. The average Bonchev–Trinajstić information content (AvgIpc) is 2.97. The van der Waals surface area contributed by atoms with Crippen LogP contribution in [0.15, 0.2) is 60.7 Å². The summed E-state index contributed by atoms with van der Waals surface area (Å²) in [5.41, 5.74) is 3.64. The molecule has 0 spiro atoms. The summed E-state index contributed by atoms with van der Waals surface area (Å²) in [7, 11) is 2.93. The van der Waals surface area contributed by atoms with Crippen LogP contribution < -0.4 is 18.9 Å². The first-order valence-electron chi connectivity index (χ1n) is 13.2. The third kappa shape index (κ3) is 4.53. The average molecular weight is 559 g/mol. The smallest absolute Gasteiger partial charge is 0.200 e. The van der Waals surface area contributed by atoms with Gasteiger partial charge in [-0.3, -0.25) is 0 Å². The molecule has 0 aromatic heterocycles. The number of phenols is 5. The highest BCUT2D eigenvalue weighted by Gasteiger charge is 2.40. The van der Waals surface area contributed by atoms with Gasteiger partial charge in [0, 0.05) is 52.6 Å². The normalized spacial score (nSPS) is 19.3. The van der Waals surface area contributed by atoms with Crippen molar-refractivity contribution in [3.63, 3.8) is 0 Å². The molecule has 0 unspecified atom stereocenters. The van der Waals surface area contributed by atoms with E-state index in [2.05, 4.69) is 0 Å². The summed E-state index contributed by atoms with van der Waals surface area (Å²) < 4.78 is 23.2. The van der Waals surface area contributed by atoms with E-state index < -0.39 is 11.8 Å². The minimum Gasteiger partial charge on any atom is -0.508 e. The molecule has 0 saturated heterocycles. The van der Waals surface area contributed by atoms with Crippen molar-refractivity contribution in [1.82, 2.24) is 0 Å². The van der Waals surface area contributed by atoms with Crippen LogP contribution in [-0.4, -0.2) is 53.0 Å². The van der Waals surface area contributed by atoms with Crippen molar-refractivity contribution < 1.29 is 44.5 Å². The van der Waals surface area contributed by atoms with Crippen LogP contribution in [-0.2, 0) is 6.42 Å². The highest BCUT2D eigenvalue weighted by molar-refractivity contribution is 5.62. The van der Waals surface area contributed by atoms with Crippen molar-refractivity contribution in [2.75, 3.05) is 27.4 Å². The van der Waals surface area contributed by atoms with Crippen LogP contribution >= 0.6 is 0 Å². The van der Waals surface area contributed by atoms with Gasteiger partial charge in [-0.1, -0.05) is 18.2 Å². The SMILES string of the molecule is COc1ccc([C@@H]2COc3cc(O)ccc3[C@H]2c2c(OC)cc(O)cc2[C@@H]2COc3cc(O)ccc3C2)c(O)c1O. The molecular formula is C32H30O9. The lowest BCUT2D eigenvalue weighted by molar-refractivity contribution is 0.238. The predicted molar refractivity (Wildman–Crippen MR) is 149 cm³/mol. The zero-order valence-electron chi connectivity index (χ0n) is 22.5. The Morgan fingerprint density at radius 3 is 2.07 bits per heavy atom. The van der Waals surface area contributed by atoms with E-state index in [1.807, 2.05) is 6.07 Å². The molecular weight excluding hydrogens is 528 g/mol. The van der Waals surface area contributed by atoms with E-state index in [0.29, 0.717) is 35.8 Å². The standard InChI is InChI=1S/C32H30O9/c1-38-25-8-7-21(31(36)32(25)37)24-15-41-27-12-19(34)5-6-22(27)29(24)30-23(10-20(35)13-28(30)39-2)17-9-16-3-4-18(33)11-26(16)40-14-17/h3-8,10-13,17,24,29,33-37H,9,14-15H2,1-2H3/t17-,24-,29+/m0/s1. The molecule has 9 heteroatoms. The molecule has 2 aliphatic heterocycles. The summed E-state index contributed by atoms with van der Waals surface area (Å²) in [6, 6.07) is 16.4. The quantitative estimate of drug-likeness (QED) is 0.208. The number of ether oxygens (including phenoxy) is 4. The number of aromatic hydroxyl groups is 5. The number of rotatable bonds is 5. The van der Waals surface area contributed by atoms with Crippen molar-refractivity contribution in [1.29, 1.82) is 0 Å². The van der Waals surface area contributed by atoms with Crippen LogP contribution in [0.4, 0.5) is 0 Å². The molecule has 0 saturated carbocycles. The van der Waals surface area contributed by atoms with Crippen LogP contribution in [0.25, 0.3) is 0 Å². The fourth-order valence-corrected chi connectivity index (χ4v) is 6.10. The Bertz CT molecular complexity index is 1630. The third-order valence-electron chi connectivity index (χ3n) is 8.00. The van der Waals surface area contributed by atoms with Crippen LogP contribution in [0.1, 0.15) is 45.6 Å². The molecule has 0 amide bonds. The fraction of sp³-hybridized carbons (Fsp3) is 0.250. The minimum absolute atomic E-state index is 0.0246. The van der Waals surface area contributed by atoms with Gasteiger partial charge in [0.25, 0.3) is 0 Å². The van der Waals surface area contributed by atoms with Gasteiger partial charge in [-0.15, -0.1) is 0 Å². The highest BCUT2D eigenvalue weighted by Crippen LogP contribution is 2.55. The van der Waals surface area contributed by atoms with Crippen LogP contribution in [0.3, 0.4) is 0 Å². The van der Waals surface area contributed by atoms with E-state index in [-0.39, 0.29) is 47.0 Å². The van der Waals surface area contributed by atoms with Gasteiger partial charge in [0.15, 0.2) is 11.5 Å². The van der Waals surface area contributed by atoms with Gasteiger partial charge < -0.3 is 44.5 Å². The molecule has 5 N–H and O–H groups in total. The van der Waals surface area contributed by atoms with Crippen LogP contribution in [0, 0.1) is 0 Å². The Morgan fingerprint density at radius 1 is 0.634 bits per heavy atom. The first-order chi connectivity index (χ1) is 19.8. The summed E-state index contributed by atoms with van der Waals surface area (Å²) in [4.78, 5) is 0. The molecule has 4 aromatic carbocycles. The van der Waals surface area contributed by atoms with E-state index in [4.69, 9.17) is 18.9 Å².